The van der Waals surface area contributed by atoms with Gasteiger partial charge in [0.2, 0.25) is 0 Å². The van der Waals surface area contributed by atoms with Crippen molar-refractivity contribution in [2.24, 2.45) is 0 Å². The van der Waals surface area contributed by atoms with E-state index in [0.717, 1.165) is 0 Å². The van der Waals surface area contributed by atoms with Crippen molar-refractivity contribution in [2.45, 2.75) is 30.7 Å². The molecule has 0 saturated carbocycles. The molecule has 1 unspecified atom stereocenters. The van der Waals surface area contributed by atoms with E-state index in [-0.39, 0.29) is 22.4 Å². The Morgan fingerprint density at radius 1 is 1.14 bits per heavy atom. The zero-order valence-electron chi connectivity index (χ0n) is 6.91. The molecule has 5 atom stereocenters. The average molecular weight is 408 g/mol. The molecule has 4 N–H and O–H groups in total. The van der Waals surface area contributed by atoms with Crippen LogP contribution in [0.25, 0.3) is 0 Å². The third-order valence-electron chi connectivity index (χ3n) is 1.94. The first-order chi connectivity index (χ1) is 6.11. The van der Waals surface area contributed by atoms with E-state index in [1.807, 2.05) is 0 Å². The van der Waals surface area contributed by atoms with Crippen LogP contribution in [0.4, 0.5) is 0 Å². The van der Waals surface area contributed by atoms with Crippen LogP contribution in [0.5, 0.6) is 0 Å². The van der Waals surface area contributed by atoms with Crippen LogP contribution >= 0.6 is 0 Å². The minimum atomic E-state index is -1.43. The molecule has 88 valence electrons. The Hall–Kier alpha value is 0.850. The summed E-state index contributed by atoms with van der Waals surface area (Å²) in [4.78, 5) is 0. The number of hydrogen-bond acceptors (Lipinski definition) is 7. The van der Waals surface area contributed by atoms with Gasteiger partial charge < -0.3 is 42.3 Å². The second-order valence-corrected chi connectivity index (χ2v) is 2.99. The Morgan fingerprint density at radius 2 is 1.71 bits per heavy atom. The van der Waals surface area contributed by atoms with Gasteiger partial charge >= 0.3 is 22.4 Å². The number of ether oxygens (including phenoxy) is 1. The van der Waals surface area contributed by atoms with Gasteiger partial charge in [0.1, 0.15) is 24.4 Å². The molecule has 0 aromatic carbocycles. The molecule has 6 nitrogen and oxygen atoms in total. The van der Waals surface area contributed by atoms with Gasteiger partial charge in [-0.3, -0.25) is 0 Å². The monoisotopic (exact) mass is 408 g/mol. The second kappa shape index (κ2) is 6.44. The molecule has 0 aromatic heterocycles. The van der Waals surface area contributed by atoms with Gasteiger partial charge in [-0.15, -0.1) is 0 Å². The molecule has 0 aromatic rings. The van der Waals surface area contributed by atoms with Gasteiger partial charge in [-0.25, -0.2) is 0 Å². The van der Waals surface area contributed by atoms with E-state index in [9.17, 15) is 15.3 Å². The second-order valence-electron chi connectivity index (χ2n) is 2.79. The first kappa shape index (κ1) is 14.9. The van der Waals surface area contributed by atoms with Gasteiger partial charge in [0.25, 0.3) is 0 Å². The fourth-order valence-corrected chi connectivity index (χ4v) is 1.31. The minimum absolute atomic E-state index is 0. The molecule has 1 rings (SSSR count). The van der Waals surface area contributed by atoms with Gasteiger partial charge in [-0.05, 0) is 0 Å². The molecule has 1 aliphatic rings. The minimum Gasteiger partial charge on any atom is -0.621 e. The fraction of sp³-hybridized carbons (Fsp3) is 1.00. The van der Waals surface area contributed by atoms with Gasteiger partial charge in [0, 0.05) is 0 Å². The number of rotatable bonds is 2. The Balaban J connectivity index is 0.00000169. The Kier molecular flexibility index (Phi) is 6.83. The number of aliphatic hydroxyl groups excluding tert-OH is 4. The molecule has 0 amide bonds. The molecule has 1 aliphatic heterocycles. The van der Waals surface area contributed by atoms with Gasteiger partial charge in [0.15, 0.2) is 6.29 Å². The van der Waals surface area contributed by atoms with E-state index in [0.29, 0.717) is 0 Å². The Labute approximate surface area is 102 Å². The van der Waals surface area contributed by atoms with Gasteiger partial charge in [-0.1, -0.05) is 0 Å². The van der Waals surface area contributed by atoms with Gasteiger partial charge in [0.05, 0.1) is 6.61 Å². The van der Waals surface area contributed by atoms with Crippen molar-refractivity contribution >= 4 is 12.9 Å². The Bertz CT molecular complexity index is 152. The third-order valence-corrected chi connectivity index (χ3v) is 2.13. The van der Waals surface area contributed by atoms with E-state index >= 15 is 0 Å². The van der Waals surface area contributed by atoms with Crippen molar-refractivity contribution in [3.8, 4) is 0 Å². The first-order valence-corrected chi connectivity index (χ1v) is 4.04. The van der Waals surface area contributed by atoms with Crippen LogP contribution in [0, 0.1) is 0 Å². The summed E-state index contributed by atoms with van der Waals surface area (Å²) in [6, 6.07) is 0. The summed E-state index contributed by atoms with van der Waals surface area (Å²) in [5.74, 6) is 0. The summed E-state index contributed by atoms with van der Waals surface area (Å²) >= 11 is 4.18. The molecule has 8 heteroatoms. The largest absolute Gasteiger partial charge is 1.00 e. The summed E-state index contributed by atoms with van der Waals surface area (Å²) in [6.07, 6.45) is -6.38. The molecule has 0 bridgehead atoms. The van der Waals surface area contributed by atoms with Crippen LogP contribution in [0.15, 0.2) is 0 Å². The smallest absolute Gasteiger partial charge is 0.621 e. The normalized spacial score (nSPS) is 43.1. The average Bonchev–Trinajstić information content (AvgIpc) is 2.15. The summed E-state index contributed by atoms with van der Waals surface area (Å²) < 4.78 is 9.13. The predicted molar refractivity (Wildman–Crippen MR) is 42.2 cm³/mol. The van der Waals surface area contributed by atoms with Gasteiger partial charge in [-0.2, -0.15) is 0 Å². The molecule has 0 radical (unpaired) electrons. The van der Waals surface area contributed by atoms with E-state index < -0.39 is 37.3 Å². The van der Waals surface area contributed by atoms with Crippen LogP contribution in [-0.2, 0) is 44.2 Å². The van der Waals surface area contributed by atoms with E-state index in [2.05, 4.69) is 17.1 Å². The molecule has 14 heavy (non-hydrogen) atoms. The van der Waals surface area contributed by atoms with Crippen LogP contribution in [0.1, 0.15) is 0 Å². The molecular weight excluding hydrogens is 397 g/mol. The quantitative estimate of drug-likeness (QED) is 0.291. The number of aliphatic hydroxyl groups is 4. The maximum absolute atomic E-state index is 9.24. The molecule has 1 saturated heterocycles. The Morgan fingerprint density at radius 3 is 2.14 bits per heavy atom. The maximum atomic E-state index is 9.24. The summed E-state index contributed by atoms with van der Waals surface area (Å²) in [5, 5.41) is 36.4. The van der Waals surface area contributed by atoms with Crippen LogP contribution in [-0.4, -0.2) is 57.7 Å². The van der Waals surface area contributed by atoms with Crippen LogP contribution in [0.3, 0.4) is 0 Å². The standard InChI is InChI=1S/C6H12O6S.Au/c7-1-2-3(8)4(9)5(10)6(11-2)12-13;/h2-10,13H,1H2;/q;+1/p-1/t2-,3-,4+,5-,6?;/m1./s1. The molecular formula is C6H11AuO6S. The van der Waals surface area contributed by atoms with Crippen molar-refractivity contribution in [3.05, 3.63) is 0 Å². The zero-order valence-corrected chi connectivity index (χ0v) is 9.89. The summed E-state index contributed by atoms with van der Waals surface area (Å²) in [6.45, 7) is -0.486. The molecule has 1 heterocycles. The zero-order chi connectivity index (χ0) is 10.0. The summed E-state index contributed by atoms with van der Waals surface area (Å²) in [5.41, 5.74) is 0. The van der Waals surface area contributed by atoms with Crippen molar-refractivity contribution in [2.75, 3.05) is 6.61 Å². The van der Waals surface area contributed by atoms with E-state index in [1.165, 1.54) is 0 Å². The fourth-order valence-electron chi connectivity index (χ4n) is 1.15. The van der Waals surface area contributed by atoms with E-state index in [1.54, 1.807) is 0 Å². The van der Waals surface area contributed by atoms with Crippen molar-refractivity contribution < 1.29 is 51.7 Å². The van der Waals surface area contributed by atoms with E-state index in [4.69, 9.17) is 9.84 Å². The maximum Gasteiger partial charge on any atom is 1.00 e. The third kappa shape index (κ3) is 2.92. The SMILES string of the molecule is OC[C@H]1OC(O[S-])[C@H](O)[C@@H](O)[C@@H]1O.[Au+]. The number of hydrogen-bond donors (Lipinski definition) is 4. The first-order valence-electron chi connectivity index (χ1n) is 3.71. The molecule has 0 aliphatic carbocycles. The van der Waals surface area contributed by atoms with Crippen molar-refractivity contribution in [1.29, 1.82) is 0 Å². The molecule has 1 fully saturated rings. The topological polar surface area (TPSA) is 99.4 Å². The van der Waals surface area contributed by atoms with Crippen molar-refractivity contribution in [1.82, 2.24) is 0 Å². The van der Waals surface area contributed by atoms with Crippen LogP contribution < -0.4 is 0 Å². The van der Waals surface area contributed by atoms with Crippen LogP contribution in [0.2, 0.25) is 0 Å². The summed E-state index contributed by atoms with van der Waals surface area (Å²) in [7, 11) is 0. The predicted octanol–water partition coefficient (Wildman–Crippen LogP) is -2.74. The van der Waals surface area contributed by atoms with Crippen molar-refractivity contribution in [3.63, 3.8) is 0 Å². The molecule has 0 spiro atoms.